The van der Waals surface area contributed by atoms with Crippen molar-refractivity contribution < 1.29 is 4.74 Å². The Kier molecular flexibility index (Phi) is 3.20. The molecule has 0 aliphatic carbocycles. The molecule has 0 saturated carbocycles. The van der Waals surface area contributed by atoms with Gasteiger partial charge in [0.15, 0.2) is 0 Å². The van der Waals surface area contributed by atoms with Gasteiger partial charge in [-0.1, -0.05) is 26.0 Å². The molecule has 2 nitrogen and oxygen atoms in total. The zero-order valence-electron chi connectivity index (χ0n) is 10.4. The van der Waals surface area contributed by atoms with E-state index in [0.717, 1.165) is 25.4 Å². The summed E-state index contributed by atoms with van der Waals surface area (Å²) in [5.41, 5.74) is 1.77. The maximum Gasteiger partial charge on any atom is 0.119 e. The average Bonchev–Trinajstić information content (AvgIpc) is 2.60. The standard InChI is InChI=1S/C14H21NO/c1-4-16-12-7-5-11(6-8-12)13-9-15-10-14(13,2)3/h5-8,13,15H,4,9-10H2,1-3H3. The molecule has 1 atom stereocenters. The molecule has 1 aromatic rings. The Bertz CT molecular complexity index is 342. The number of nitrogens with one attached hydrogen (secondary N) is 1. The van der Waals surface area contributed by atoms with Crippen molar-refractivity contribution in [2.75, 3.05) is 19.7 Å². The first-order chi connectivity index (χ1) is 7.63. The molecule has 1 aromatic carbocycles. The molecule has 88 valence electrons. The Morgan fingerprint density at radius 2 is 2.00 bits per heavy atom. The van der Waals surface area contributed by atoms with E-state index in [9.17, 15) is 0 Å². The minimum absolute atomic E-state index is 0.354. The molecule has 0 radical (unpaired) electrons. The molecule has 0 amide bonds. The second-order valence-electron chi connectivity index (χ2n) is 5.17. The summed E-state index contributed by atoms with van der Waals surface area (Å²) < 4.78 is 5.46. The maximum absolute atomic E-state index is 5.46. The average molecular weight is 219 g/mol. The zero-order chi connectivity index (χ0) is 11.6. The van der Waals surface area contributed by atoms with Crippen LogP contribution in [0.3, 0.4) is 0 Å². The highest BCUT2D eigenvalue weighted by atomic mass is 16.5. The van der Waals surface area contributed by atoms with Gasteiger partial charge in [0.1, 0.15) is 5.75 Å². The number of benzene rings is 1. The van der Waals surface area contributed by atoms with Gasteiger partial charge in [-0.2, -0.15) is 0 Å². The molecule has 2 heteroatoms. The van der Waals surface area contributed by atoms with Gasteiger partial charge < -0.3 is 10.1 Å². The van der Waals surface area contributed by atoms with E-state index in [1.807, 2.05) is 6.92 Å². The van der Waals surface area contributed by atoms with Crippen molar-refractivity contribution >= 4 is 0 Å². The van der Waals surface area contributed by atoms with Crippen molar-refractivity contribution in [1.29, 1.82) is 0 Å². The van der Waals surface area contributed by atoms with Crippen LogP contribution in [0, 0.1) is 5.41 Å². The van der Waals surface area contributed by atoms with Crippen molar-refractivity contribution in [2.45, 2.75) is 26.7 Å². The third-order valence-corrected chi connectivity index (χ3v) is 3.47. The van der Waals surface area contributed by atoms with Crippen LogP contribution in [0.15, 0.2) is 24.3 Å². The quantitative estimate of drug-likeness (QED) is 0.844. The number of ether oxygens (including phenoxy) is 1. The lowest BCUT2D eigenvalue weighted by Gasteiger charge is -2.26. The first-order valence-corrected chi connectivity index (χ1v) is 6.07. The minimum atomic E-state index is 0.354. The van der Waals surface area contributed by atoms with Gasteiger partial charge in [-0.05, 0) is 30.0 Å². The van der Waals surface area contributed by atoms with Gasteiger partial charge in [0.25, 0.3) is 0 Å². The van der Waals surface area contributed by atoms with Crippen molar-refractivity contribution in [3.63, 3.8) is 0 Å². The molecule has 0 bridgehead atoms. The number of rotatable bonds is 3. The van der Waals surface area contributed by atoms with E-state index in [1.165, 1.54) is 5.56 Å². The number of hydrogen-bond acceptors (Lipinski definition) is 2. The molecule has 1 fully saturated rings. The van der Waals surface area contributed by atoms with Crippen LogP contribution in [0.5, 0.6) is 5.75 Å². The lowest BCUT2D eigenvalue weighted by atomic mass is 9.78. The molecule has 1 aliphatic heterocycles. The van der Waals surface area contributed by atoms with Crippen LogP contribution in [0.25, 0.3) is 0 Å². The van der Waals surface area contributed by atoms with Crippen LogP contribution < -0.4 is 10.1 Å². The normalized spacial score (nSPS) is 23.3. The molecular formula is C14H21NO. The van der Waals surface area contributed by atoms with Crippen molar-refractivity contribution in [2.24, 2.45) is 5.41 Å². The van der Waals surface area contributed by atoms with Crippen LogP contribution in [-0.4, -0.2) is 19.7 Å². The van der Waals surface area contributed by atoms with E-state index in [-0.39, 0.29) is 0 Å². The van der Waals surface area contributed by atoms with Gasteiger partial charge in [-0.15, -0.1) is 0 Å². The van der Waals surface area contributed by atoms with Gasteiger partial charge in [0.2, 0.25) is 0 Å². The van der Waals surface area contributed by atoms with Crippen LogP contribution in [-0.2, 0) is 0 Å². The molecule has 1 heterocycles. The largest absolute Gasteiger partial charge is 0.494 e. The van der Waals surface area contributed by atoms with E-state index in [0.29, 0.717) is 11.3 Å². The monoisotopic (exact) mass is 219 g/mol. The first kappa shape index (κ1) is 11.5. The lowest BCUT2D eigenvalue weighted by Crippen LogP contribution is -2.20. The Labute approximate surface area is 98.0 Å². The van der Waals surface area contributed by atoms with E-state index >= 15 is 0 Å². The van der Waals surface area contributed by atoms with Gasteiger partial charge >= 0.3 is 0 Å². The molecule has 16 heavy (non-hydrogen) atoms. The smallest absolute Gasteiger partial charge is 0.119 e. The molecule has 1 N–H and O–H groups in total. The van der Waals surface area contributed by atoms with Gasteiger partial charge in [0, 0.05) is 19.0 Å². The Morgan fingerprint density at radius 3 is 2.50 bits per heavy atom. The maximum atomic E-state index is 5.46. The van der Waals surface area contributed by atoms with Crippen LogP contribution in [0.1, 0.15) is 32.3 Å². The van der Waals surface area contributed by atoms with Crippen molar-refractivity contribution in [3.05, 3.63) is 29.8 Å². The summed E-state index contributed by atoms with van der Waals surface area (Å²) in [4.78, 5) is 0. The van der Waals surface area contributed by atoms with E-state index < -0.39 is 0 Å². The molecule has 1 unspecified atom stereocenters. The minimum Gasteiger partial charge on any atom is -0.494 e. The molecular weight excluding hydrogens is 198 g/mol. The SMILES string of the molecule is CCOc1ccc(C2CNCC2(C)C)cc1. The summed E-state index contributed by atoms with van der Waals surface area (Å²) in [6.07, 6.45) is 0. The lowest BCUT2D eigenvalue weighted by molar-refractivity contribution is 0.339. The second-order valence-corrected chi connectivity index (χ2v) is 5.17. The summed E-state index contributed by atoms with van der Waals surface area (Å²) in [7, 11) is 0. The summed E-state index contributed by atoms with van der Waals surface area (Å²) in [5, 5.41) is 3.47. The highest BCUT2D eigenvalue weighted by molar-refractivity contribution is 5.31. The summed E-state index contributed by atoms with van der Waals surface area (Å²) >= 11 is 0. The van der Waals surface area contributed by atoms with Crippen molar-refractivity contribution in [1.82, 2.24) is 5.32 Å². The third kappa shape index (κ3) is 2.22. The molecule has 1 aliphatic rings. The molecule has 0 aromatic heterocycles. The fraction of sp³-hybridized carbons (Fsp3) is 0.571. The van der Waals surface area contributed by atoms with Gasteiger partial charge in [0.05, 0.1) is 6.61 Å². The highest BCUT2D eigenvalue weighted by Gasteiger charge is 2.35. The topological polar surface area (TPSA) is 21.3 Å². The Balaban J connectivity index is 2.15. The number of hydrogen-bond donors (Lipinski definition) is 1. The van der Waals surface area contributed by atoms with E-state index in [4.69, 9.17) is 4.74 Å². The van der Waals surface area contributed by atoms with Crippen molar-refractivity contribution in [3.8, 4) is 5.75 Å². The van der Waals surface area contributed by atoms with Crippen LogP contribution in [0.4, 0.5) is 0 Å². The summed E-state index contributed by atoms with van der Waals surface area (Å²) in [6, 6.07) is 8.55. The zero-order valence-corrected chi connectivity index (χ0v) is 10.4. The Hall–Kier alpha value is -1.02. The molecule has 1 saturated heterocycles. The van der Waals surface area contributed by atoms with Gasteiger partial charge in [-0.25, -0.2) is 0 Å². The summed E-state index contributed by atoms with van der Waals surface area (Å²) in [6.45, 7) is 9.59. The van der Waals surface area contributed by atoms with E-state index in [1.54, 1.807) is 0 Å². The Morgan fingerprint density at radius 1 is 1.31 bits per heavy atom. The highest BCUT2D eigenvalue weighted by Crippen LogP contribution is 2.38. The molecule has 2 rings (SSSR count). The van der Waals surface area contributed by atoms with Crippen LogP contribution >= 0.6 is 0 Å². The fourth-order valence-corrected chi connectivity index (χ4v) is 2.47. The first-order valence-electron chi connectivity index (χ1n) is 6.07. The fourth-order valence-electron chi connectivity index (χ4n) is 2.47. The third-order valence-electron chi connectivity index (χ3n) is 3.47. The second kappa shape index (κ2) is 4.46. The predicted octanol–water partition coefficient (Wildman–Crippen LogP) is 2.80. The van der Waals surface area contributed by atoms with Gasteiger partial charge in [-0.3, -0.25) is 0 Å². The predicted molar refractivity (Wildman–Crippen MR) is 67.0 cm³/mol. The van der Waals surface area contributed by atoms with E-state index in [2.05, 4.69) is 43.4 Å². The van der Waals surface area contributed by atoms with Crippen LogP contribution in [0.2, 0.25) is 0 Å². The molecule has 0 spiro atoms. The summed E-state index contributed by atoms with van der Waals surface area (Å²) in [5.74, 6) is 1.58.